The smallest absolute Gasteiger partial charge is 0.420 e. The van der Waals surface area contributed by atoms with Crippen LogP contribution in [0.4, 0.5) is 18.9 Å². The summed E-state index contributed by atoms with van der Waals surface area (Å²) in [6, 6.07) is 10.0. The molecule has 0 saturated carbocycles. The van der Waals surface area contributed by atoms with E-state index in [1.807, 2.05) is 0 Å². The van der Waals surface area contributed by atoms with Gasteiger partial charge < -0.3 is 15.2 Å². The van der Waals surface area contributed by atoms with Crippen LogP contribution >= 0.6 is 0 Å². The number of methoxy groups -OCH3 is 1. The molecule has 1 saturated heterocycles. The van der Waals surface area contributed by atoms with Gasteiger partial charge in [0.1, 0.15) is 0 Å². The van der Waals surface area contributed by atoms with Crippen molar-refractivity contribution in [3.8, 4) is 5.88 Å². The van der Waals surface area contributed by atoms with Gasteiger partial charge in [0.15, 0.2) is 5.60 Å². The van der Waals surface area contributed by atoms with E-state index < -0.39 is 24.3 Å². The van der Waals surface area contributed by atoms with Crippen LogP contribution in [0.3, 0.4) is 0 Å². The molecular weight excluding hydrogens is 371 g/mol. The van der Waals surface area contributed by atoms with Gasteiger partial charge in [-0.05, 0) is 36.2 Å². The molecule has 0 aliphatic carbocycles. The van der Waals surface area contributed by atoms with E-state index >= 15 is 0 Å². The summed E-state index contributed by atoms with van der Waals surface area (Å²) < 4.78 is 52.0. The zero-order valence-corrected chi connectivity index (χ0v) is 15.2. The minimum Gasteiger partial charge on any atom is -0.481 e. The Bertz CT molecular complexity index is 1030. The Balaban J connectivity index is 1.95. The summed E-state index contributed by atoms with van der Waals surface area (Å²) in [7, 11) is 1.45. The second-order valence-corrected chi connectivity index (χ2v) is 6.82. The fraction of sp³-hybridized carbons (Fsp3) is 0.300. The fourth-order valence-electron chi connectivity index (χ4n) is 3.58. The maximum atomic E-state index is 14.0. The minimum absolute atomic E-state index is 0.317. The van der Waals surface area contributed by atoms with Crippen molar-refractivity contribution < 1.29 is 22.6 Å². The third-order valence-electron chi connectivity index (χ3n) is 5.14. The average molecular weight is 389 g/mol. The number of nitrogen functional groups attached to an aromatic ring is 1. The second-order valence-electron chi connectivity index (χ2n) is 6.82. The van der Waals surface area contributed by atoms with Crippen LogP contribution in [0.2, 0.25) is 0 Å². The molecule has 146 valence electrons. The van der Waals surface area contributed by atoms with Gasteiger partial charge in [0.25, 0.3) is 0 Å². The van der Waals surface area contributed by atoms with Crippen LogP contribution in [0, 0.1) is 6.92 Å². The van der Waals surface area contributed by atoms with E-state index in [2.05, 4.69) is 9.97 Å². The first-order valence-electron chi connectivity index (χ1n) is 8.63. The van der Waals surface area contributed by atoms with E-state index in [0.717, 1.165) is 0 Å². The van der Waals surface area contributed by atoms with Gasteiger partial charge in [0.2, 0.25) is 5.88 Å². The number of halogens is 3. The van der Waals surface area contributed by atoms with Gasteiger partial charge in [-0.25, -0.2) is 4.98 Å². The van der Waals surface area contributed by atoms with Crippen molar-refractivity contribution in [1.82, 2.24) is 9.97 Å². The summed E-state index contributed by atoms with van der Waals surface area (Å²) in [5.41, 5.74) is 6.08. The Morgan fingerprint density at radius 3 is 2.57 bits per heavy atom. The number of rotatable bonds is 4. The summed E-state index contributed by atoms with van der Waals surface area (Å²) in [6.45, 7) is 1.27. The quantitative estimate of drug-likeness (QED) is 0.540. The Labute approximate surface area is 159 Å². The normalized spacial score (nSPS) is 20.2. The largest absolute Gasteiger partial charge is 0.481 e. The molecule has 1 aromatic carbocycles. The maximum absolute atomic E-state index is 14.0. The van der Waals surface area contributed by atoms with E-state index in [1.165, 1.54) is 19.4 Å². The lowest BCUT2D eigenvalue weighted by atomic mass is 9.79. The van der Waals surface area contributed by atoms with E-state index in [0.29, 0.717) is 39.3 Å². The van der Waals surface area contributed by atoms with Crippen molar-refractivity contribution in [2.75, 3.05) is 19.5 Å². The summed E-state index contributed by atoms with van der Waals surface area (Å²) in [5.74, 6) is -0.805. The molecule has 2 N–H and O–H groups in total. The van der Waals surface area contributed by atoms with Crippen LogP contribution in [0.25, 0.3) is 10.9 Å². The SMILES string of the molecule is COc1ccc(C(c2cc3c(N)cccc3nc2C)C2(C(F)(F)F)CO2)cn1. The molecule has 2 aromatic heterocycles. The lowest BCUT2D eigenvalue weighted by molar-refractivity contribution is -0.187. The number of ether oxygens (including phenoxy) is 2. The van der Waals surface area contributed by atoms with Crippen LogP contribution in [0.5, 0.6) is 5.88 Å². The van der Waals surface area contributed by atoms with Crippen LogP contribution < -0.4 is 10.5 Å². The molecule has 0 radical (unpaired) electrons. The number of hydrogen-bond donors (Lipinski definition) is 1. The Hall–Kier alpha value is -2.87. The number of aryl methyl sites for hydroxylation is 1. The van der Waals surface area contributed by atoms with E-state index in [9.17, 15) is 13.2 Å². The topological polar surface area (TPSA) is 73.6 Å². The molecule has 1 aliphatic heterocycles. The van der Waals surface area contributed by atoms with Crippen molar-refractivity contribution in [2.24, 2.45) is 0 Å². The first-order valence-corrected chi connectivity index (χ1v) is 8.63. The molecule has 5 nitrogen and oxygen atoms in total. The molecule has 1 aliphatic rings. The number of nitrogens with zero attached hydrogens (tertiary/aromatic N) is 2. The van der Waals surface area contributed by atoms with Gasteiger partial charge >= 0.3 is 6.18 Å². The average Bonchev–Trinajstić information content (AvgIpc) is 3.45. The predicted octanol–water partition coefficient (Wildman–Crippen LogP) is 3.99. The standard InChI is InChI=1S/C20H18F3N3O2/c1-11-13(8-14-15(24)4-3-5-16(14)26-11)18(19(10-28-19)20(21,22)23)12-6-7-17(27-2)25-9-12/h3-9,18H,10,24H2,1-2H3. The molecule has 3 aromatic rings. The second kappa shape index (κ2) is 6.34. The highest BCUT2D eigenvalue weighted by Crippen LogP contribution is 2.55. The molecule has 0 amide bonds. The summed E-state index contributed by atoms with van der Waals surface area (Å²) in [4.78, 5) is 8.58. The Morgan fingerprint density at radius 1 is 1.25 bits per heavy atom. The molecule has 0 spiro atoms. The number of pyridine rings is 2. The number of alkyl halides is 3. The number of anilines is 1. The highest BCUT2D eigenvalue weighted by Gasteiger charge is 2.70. The third kappa shape index (κ3) is 2.84. The van der Waals surface area contributed by atoms with Gasteiger partial charge in [0, 0.05) is 29.0 Å². The lowest BCUT2D eigenvalue weighted by Gasteiger charge is -2.28. The van der Waals surface area contributed by atoms with Crippen molar-refractivity contribution in [2.45, 2.75) is 24.6 Å². The maximum Gasteiger partial charge on any atom is 0.420 e. The van der Waals surface area contributed by atoms with Crippen LogP contribution in [0.1, 0.15) is 22.7 Å². The van der Waals surface area contributed by atoms with E-state index in [1.54, 1.807) is 37.3 Å². The molecule has 3 heterocycles. The predicted molar refractivity (Wildman–Crippen MR) is 98.3 cm³/mol. The monoisotopic (exact) mass is 389 g/mol. The molecule has 2 atom stereocenters. The van der Waals surface area contributed by atoms with Gasteiger partial charge in [-0.15, -0.1) is 0 Å². The summed E-state index contributed by atoms with van der Waals surface area (Å²) in [6.07, 6.45) is -3.17. The van der Waals surface area contributed by atoms with Gasteiger partial charge in [-0.1, -0.05) is 12.1 Å². The Kier molecular flexibility index (Phi) is 4.19. The molecule has 8 heteroatoms. The highest BCUT2D eigenvalue weighted by atomic mass is 19.4. The first kappa shape index (κ1) is 18.5. The van der Waals surface area contributed by atoms with Crippen LogP contribution in [-0.2, 0) is 4.74 Å². The van der Waals surface area contributed by atoms with Crippen molar-refractivity contribution in [3.05, 3.63) is 59.4 Å². The first-order chi connectivity index (χ1) is 13.3. The molecular formula is C20H18F3N3O2. The van der Waals surface area contributed by atoms with Gasteiger partial charge in [-0.2, -0.15) is 13.2 Å². The number of benzene rings is 1. The molecule has 4 rings (SSSR count). The summed E-state index contributed by atoms with van der Waals surface area (Å²) >= 11 is 0. The summed E-state index contributed by atoms with van der Waals surface area (Å²) in [5, 5.41) is 0.604. The zero-order chi connectivity index (χ0) is 20.1. The van der Waals surface area contributed by atoms with Crippen molar-refractivity contribution >= 4 is 16.6 Å². The lowest BCUT2D eigenvalue weighted by Crippen LogP contribution is -2.40. The molecule has 28 heavy (non-hydrogen) atoms. The number of fused-ring (bicyclic) bond motifs is 1. The molecule has 2 unspecified atom stereocenters. The van der Waals surface area contributed by atoms with Crippen LogP contribution in [0.15, 0.2) is 42.6 Å². The number of hydrogen-bond acceptors (Lipinski definition) is 5. The minimum atomic E-state index is -4.55. The van der Waals surface area contributed by atoms with Crippen LogP contribution in [-0.4, -0.2) is 35.5 Å². The zero-order valence-electron chi connectivity index (χ0n) is 15.2. The van der Waals surface area contributed by atoms with Gasteiger partial charge in [0.05, 0.1) is 25.2 Å². The van der Waals surface area contributed by atoms with E-state index in [4.69, 9.17) is 15.2 Å². The number of epoxide rings is 1. The number of aromatic nitrogens is 2. The third-order valence-corrected chi connectivity index (χ3v) is 5.14. The molecule has 1 fully saturated rings. The highest BCUT2D eigenvalue weighted by molar-refractivity contribution is 5.91. The Morgan fingerprint density at radius 2 is 2.00 bits per heavy atom. The molecule has 0 bridgehead atoms. The van der Waals surface area contributed by atoms with E-state index in [-0.39, 0.29) is 0 Å². The van der Waals surface area contributed by atoms with Gasteiger partial charge in [-0.3, -0.25) is 4.98 Å². The fourth-order valence-corrected chi connectivity index (χ4v) is 3.58. The van der Waals surface area contributed by atoms with Crippen molar-refractivity contribution in [1.29, 1.82) is 0 Å². The number of nitrogens with two attached hydrogens (primary N) is 1. The van der Waals surface area contributed by atoms with Crippen molar-refractivity contribution in [3.63, 3.8) is 0 Å².